The number of nitrogens with zero attached hydrogens (tertiary/aromatic N) is 4. The Bertz CT molecular complexity index is 729. The molecule has 3 N–H and O–H groups in total. The minimum atomic E-state index is 0.637. The third-order valence-electron chi connectivity index (χ3n) is 2.89. The van der Waals surface area contributed by atoms with Gasteiger partial charge in [-0.05, 0) is 12.5 Å². The van der Waals surface area contributed by atoms with Gasteiger partial charge in [-0.3, -0.25) is 4.68 Å². The van der Waals surface area contributed by atoms with Crippen molar-refractivity contribution >= 4 is 27.4 Å². The van der Waals surface area contributed by atoms with Crippen LogP contribution in [0.4, 0.5) is 5.82 Å². The first kappa shape index (κ1) is 12.1. The first-order valence-electron chi connectivity index (χ1n) is 5.97. The van der Waals surface area contributed by atoms with Crippen molar-refractivity contribution in [2.24, 2.45) is 12.9 Å². The van der Waals surface area contributed by atoms with Crippen LogP contribution >= 0.6 is 11.3 Å². The fourth-order valence-electron chi connectivity index (χ4n) is 1.92. The third-order valence-corrected chi connectivity index (χ3v) is 4.07. The number of aromatic nitrogens is 4. The van der Waals surface area contributed by atoms with Crippen LogP contribution in [0.3, 0.4) is 0 Å². The first-order valence-corrected chi connectivity index (χ1v) is 6.79. The second kappa shape index (κ2) is 4.60. The Morgan fingerprint density at radius 3 is 2.89 bits per heavy atom. The van der Waals surface area contributed by atoms with E-state index in [4.69, 9.17) is 5.84 Å². The van der Waals surface area contributed by atoms with E-state index < -0.39 is 0 Å². The van der Waals surface area contributed by atoms with Gasteiger partial charge in [0.15, 0.2) is 11.6 Å². The van der Waals surface area contributed by atoms with E-state index in [0.29, 0.717) is 11.6 Å². The predicted molar refractivity (Wildman–Crippen MR) is 76.8 cm³/mol. The summed E-state index contributed by atoms with van der Waals surface area (Å²) in [5.74, 6) is 6.85. The highest BCUT2D eigenvalue weighted by atomic mass is 32.1. The van der Waals surface area contributed by atoms with Crippen LogP contribution in [0.25, 0.3) is 21.6 Å². The molecule has 0 fully saturated rings. The summed E-state index contributed by atoms with van der Waals surface area (Å²) in [5, 5.41) is 5.11. The minimum absolute atomic E-state index is 0.637. The molecule has 0 amide bonds. The Balaban J connectivity index is 2.21. The number of nitrogens with two attached hydrogens (primary N) is 1. The smallest absolute Gasteiger partial charge is 0.166 e. The summed E-state index contributed by atoms with van der Waals surface area (Å²) in [6.45, 7) is 2.12. The lowest BCUT2D eigenvalue weighted by molar-refractivity contribution is 0.768. The van der Waals surface area contributed by atoms with Crippen molar-refractivity contribution in [1.82, 2.24) is 19.7 Å². The molecule has 0 atom stereocenters. The fourth-order valence-corrected chi connectivity index (χ4v) is 2.89. The number of hydrazine groups is 1. The lowest BCUT2D eigenvalue weighted by Gasteiger charge is -2.03. The van der Waals surface area contributed by atoms with Crippen molar-refractivity contribution in [1.29, 1.82) is 0 Å². The molecule has 0 aliphatic carbocycles. The number of hydrogen-bond donors (Lipinski definition) is 2. The average molecular weight is 274 g/mol. The quantitative estimate of drug-likeness (QED) is 0.563. The van der Waals surface area contributed by atoms with E-state index in [1.54, 1.807) is 22.2 Å². The number of aryl methyl sites for hydroxylation is 2. The van der Waals surface area contributed by atoms with Gasteiger partial charge >= 0.3 is 0 Å². The van der Waals surface area contributed by atoms with Gasteiger partial charge in [-0.2, -0.15) is 5.10 Å². The highest BCUT2D eigenvalue weighted by molar-refractivity contribution is 7.18. The van der Waals surface area contributed by atoms with Crippen LogP contribution in [0.1, 0.15) is 11.8 Å². The highest BCUT2D eigenvalue weighted by Crippen LogP contribution is 2.31. The van der Waals surface area contributed by atoms with Gasteiger partial charge in [0.2, 0.25) is 0 Å². The van der Waals surface area contributed by atoms with Crippen LogP contribution in [-0.2, 0) is 13.5 Å². The molecule has 0 spiro atoms. The molecule has 0 unspecified atom stereocenters. The second-order valence-electron chi connectivity index (χ2n) is 4.23. The summed E-state index contributed by atoms with van der Waals surface area (Å²) in [4.78, 5) is 11.3. The number of rotatable bonds is 3. The Labute approximate surface area is 114 Å². The summed E-state index contributed by atoms with van der Waals surface area (Å²) in [7, 11) is 1.87. The van der Waals surface area contributed by atoms with Gasteiger partial charge in [0.05, 0.1) is 17.1 Å². The molecule has 0 aliphatic rings. The Hall–Kier alpha value is -1.99. The maximum atomic E-state index is 5.56. The highest BCUT2D eigenvalue weighted by Gasteiger charge is 2.12. The molecular weight excluding hydrogens is 260 g/mol. The molecule has 19 heavy (non-hydrogen) atoms. The summed E-state index contributed by atoms with van der Waals surface area (Å²) in [6.07, 6.45) is 4.61. The Morgan fingerprint density at radius 2 is 2.26 bits per heavy atom. The summed E-state index contributed by atoms with van der Waals surface area (Å²) < 4.78 is 1.73. The lowest BCUT2D eigenvalue weighted by Crippen LogP contribution is -2.09. The van der Waals surface area contributed by atoms with Gasteiger partial charge in [-0.25, -0.2) is 15.8 Å². The molecule has 0 bridgehead atoms. The van der Waals surface area contributed by atoms with Gasteiger partial charge < -0.3 is 5.43 Å². The topological polar surface area (TPSA) is 81.6 Å². The van der Waals surface area contributed by atoms with E-state index >= 15 is 0 Å². The number of anilines is 1. The molecule has 0 saturated heterocycles. The van der Waals surface area contributed by atoms with Crippen LogP contribution in [0.5, 0.6) is 0 Å². The van der Waals surface area contributed by atoms with Gasteiger partial charge in [0, 0.05) is 18.1 Å². The normalized spacial score (nSPS) is 11.1. The monoisotopic (exact) mass is 274 g/mol. The van der Waals surface area contributed by atoms with Crippen LogP contribution < -0.4 is 11.3 Å². The molecule has 0 radical (unpaired) electrons. The standard InChI is InChI=1S/C12H14N6S/c1-3-8-4-9-11(17-13)15-10(16-12(9)19-8)7-5-14-18(2)6-7/h4-6H,3,13H2,1-2H3,(H,15,16,17). The first-order chi connectivity index (χ1) is 9.21. The summed E-state index contributed by atoms with van der Waals surface area (Å²) in [6, 6.07) is 2.09. The molecular formula is C12H14N6S. The van der Waals surface area contributed by atoms with E-state index in [1.165, 1.54) is 4.88 Å². The lowest BCUT2D eigenvalue weighted by atomic mass is 10.3. The van der Waals surface area contributed by atoms with Gasteiger partial charge in [0.1, 0.15) is 4.83 Å². The molecule has 7 heteroatoms. The SMILES string of the molecule is CCc1cc2c(NN)nc(-c3cnn(C)c3)nc2s1. The molecule has 3 aromatic heterocycles. The van der Waals surface area contributed by atoms with Crippen molar-refractivity contribution in [2.75, 3.05) is 5.43 Å². The largest absolute Gasteiger partial charge is 0.308 e. The third kappa shape index (κ3) is 2.06. The van der Waals surface area contributed by atoms with E-state index in [1.807, 2.05) is 13.2 Å². The van der Waals surface area contributed by atoms with E-state index in [9.17, 15) is 0 Å². The molecule has 0 aromatic carbocycles. The van der Waals surface area contributed by atoms with Crippen LogP contribution in [0.2, 0.25) is 0 Å². The van der Waals surface area contributed by atoms with E-state index in [0.717, 1.165) is 22.2 Å². The second-order valence-corrected chi connectivity index (χ2v) is 5.34. The van der Waals surface area contributed by atoms with Gasteiger partial charge in [0.25, 0.3) is 0 Å². The molecule has 0 saturated carbocycles. The van der Waals surface area contributed by atoms with Crippen LogP contribution in [-0.4, -0.2) is 19.7 Å². The number of thiophene rings is 1. The molecule has 3 heterocycles. The number of hydrogen-bond acceptors (Lipinski definition) is 6. The Kier molecular flexibility index (Phi) is 2.92. The van der Waals surface area contributed by atoms with Crippen molar-refractivity contribution in [2.45, 2.75) is 13.3 Å². The predicted octanol–water partition coefficient (Wildman–Crippen LogP) is 1.94. The zero-order chi connectivity index (χ0) is 13.4. The molecule has 0 aliphatic heterocycles. The summed E-state index contributed by atoms with van der Waals surface area (Å²) >= 11 is 1.67. The van der Waals surface area contributed by atoms with Crippen molar-refractivity contribution in [3.63, 3.8) is 0 Å². The minimum Gasteiger partial charge on any atom is -0.308 e. The van der Waals surface area contributed by atoms with E-state index in [-0.39, 0.29) is 0 Å². The zero-order valence-electron chi connectivity index (χ0n) is 10.7. The molecule has 6 nitrogen and oxygen atoms in total. The van der Waals surface area contributed by atoms with Gasteiger partial charge in [-0.15, -0.1) is 11.3 Å². The maximum Gasteiger partial charge on any atom is 0.166 e. The number of nitrogen functional groups attached to an aromatic ring is 1. The fraction of sp³-hybridized carbons (Fsp3) is 0.250. The number of nitrogens with one attached hydrogen (secondary N) is 1. The number of fused-ring (bicyclic) bond motifs is 1. The van der Waals surface area contributed by atoms with Crippen molar-refractivity contribution in [3.8, 4) is 11.4 Å². The van der Waals surface area contributed by atoms with Gasteiger partial charge in [-0.1, -0.05) is 6.92 Å². The Morgan fingerprint density at radius 1 is 1.42 bits per heavy atom. The molecule has 3 rings (SSSR count). The maximum absolute atomic E-state index is 5.56. The molecule has 98 valence electrons. The molecule has 3 aromatic rings. The average Bonchev–Trinajstić information content (AvgIpc) is 3.02. The van der Waals surface area contributed by atoms with Crippen LogP contribution in [0.15, 0.2) is 18.5 Å². The van der Waals surface area contributed by atoms with Crippen molar-refractivity contribution in [3.05, 3.63) is 23.3 Å². The van der Waals surface area contributed by atoms with Crippen molar-refractivity contribution < 1.29 is 0 Å². The van der Waals surface area contributed by atoms with E-state index in [2.05, 4.69) is 33.5 Å². The van der Waals surface area contributed by atoms with Crippen LogP contribution in [0, 0.1) is 0 Å². The summed E-state index contributed by atoms with van der Waals surface area (Å²) in [5.41, 5.74) is 3.53. The zero-order valence-corrected chi connectivity index (χ0v) is 11.5.